The van der Waals surface area contributed by atoms with E-state index in [0.717, 1.165) is 18.4 Å². The number of H-pyrrole nitrogens is 1. The monoisotopic (exact) mass is 558 g/mol. The van der Waals surface area contributed by atoms with E-state index in [2.05, 4.69) is 20.9 Å². The van der Waals surface area contributed by atoms with Gasteiger partial charge in [-0.25, -0.2) is 4.79 Å². The first kappa shape index (κ1) is 21.8. The first-order valence-corrected chi connectivity index (χ1v) is 9.66. The molecule has 12 heteroatoms. The Morgan fingerprint density at radius 2 is 1.93 bits per heavy atom. The Kier molecular flexibility index (Phi) is 7.36. The van der Waals surface area contributed by atoms with Crippen molar-refractivity contribution in [2.45, 2.75) is 38.4 Å². The number of nitrogens with zero attached hydrogens (tertiary/aromatic N) is 1. The van der Waals surface area contributed by atoms with E-state index in [1.54, 1.807) is 4.08 Å². The van der Waals surface area contributed by atoms with Crippen LogP contribution >= 0.6 is 38.5 Å². The molecular weight excluding hydrogens is 543 g/mol. The maximum atomic E-state index is 12.3. The number of nitrogens with one attached hydrogen (secondary N) is 1. The lowest BCUT2D eigenvalue weighted by atomic mass is 10.1. The molecule has 0 unspecified atom stereocenters. The van der Waals surface area contributed by atoms with Gasteiger partial charge in [0.1, 0.15) is 6.10 Å². The Labute approximate surface area is 174 Å². The smallest absolute Gasteiger partial charge is 0.330 e. The van der Waals surface area contributed by atoms with Gasteiger partial charge >= 0.3 is 17.6 Å². The van der Waals surface area contributed by atoms with Gasteiger partial charge in [0, 0.05) is 24.5 Å². The van der Waals surface area contributed by atoms with Gasteiger partial charge in [-0.05, 0) is 20.0 Å². The highest BCUT2D eigenvalue weighted by Crippen LogP contribution is 2.33. The Morgan fingerprint density at radius 1 is 1.33 bits per heavy atom. The predicted octanol–water partition coefficient (Wildman–Crippen LogP) is 0.418. The molecule has 0 bridgehead atoms. The van der Waals surface area contributed by atoms with Crippen molar-refractivity contribution in [1.29, 1.82) is 0 Å². The quantitative estimate of drug-likeness (QED) is 0.392. The summed E-state index contributed by atoms with van der Waals surface area (Å²) in [4.78, 5) is 49.4. The SMILES string of the molecule is CC(=O)O[C@@H]1[C@H](OC(C)=O)[C@@H](CO)O[C@H]1n1cc(/C(Br)=C\I)c(=O)[nH]c1=O. The molecule has 1 fully saturated rings. The van der Waals surface area contributed by atoms with Crippen molar-refractivity contribution in [3.05, 3.63) is 36.7 Å². The maximum absolute atomic E-state index is 12.3. The Hall–Kier alpha value is -1.51. The molecule has 1 aliphatic heterocycles. The van der Waals surface area contributed by atoms with Gasteiger partial charge in [-0.2, -0.15) is 0 Å². The molecule has 0 aromatic carbocycles. The van der Waals surface area contributed by atoms with Crippen LogP contribution in [0.3, 0.4) is 0 Å². The Balaban J connectivity index is 2.57. The summed E-state index contributed by atoms with van der Waals surface area (Å²) in [5.74, 6) is -1.37. The number of halogens is 2. The highest BCUT2D eigenvalue weighted by Gasteiger charge is 2.50. The number of hydrogen-bond acceptors (Lipinski definition) is 8. The van der Waals surface area contributed by atoms with E-state index in [1.165, 1.54) is 6.20 Å². The molecule has 10 nitrogen and oxygen atoms in total. The summed E-state index contributed by atoms with van der Waals surface area (Å²) in [6.07, 6.45) is -3.37. The predicted molar refractivity (Wildman–Crippen MR) is 104 cm³/mol. The van der Waals surface area contributed by atoms with E-state index in [0.29, 0.717) is 4.48 Å². The second kappa shape index (κ2) is 9.12. The summed E-state index contributed by atoms with van der Waals surface area (Å²) >= 11 is 5.12. The lowest BCUT2D eigenvalue weighted by Gasteiger charge is -2.23. The average Bonchev–Trinajstić information content (AvgIpc) is 2.90. The van der Waals surface area contributed by atoms with Gasteiger partial charge in [-0.15, -0.1) is 0 Å². The third-order valence-electron chi connectivity index (χ3n) is 3.66. The lowest BCUT2D eigenvalue weighted by molar-refractivity contribution is -0.165. The van der Waals surface area contributed by atoms with Crippen molar-refractivity contribution in [2.24, 2.45) is 0 Å². The van der Waals surface area contributed by atoms with E-state index in [1.807, 2.05) is 22.6 Å². The van der Waals surface area contributed by atoms with Crippen LogP contribution in [0.4, 0.5) is 0 Å². The van der Waals surface area contributed by atoms with Crippen LogP contribution in [0.5, 0.6) is 0 Å². The molecule has 0 saturated carbocycles. The highest BCUT2D eigenvalue weighted by atomic mass is 127. The number of aromatic amines is 1. The minimum absolute atomic E-state index is 0.130. The number of rotatable bonds is 5. The van der Waals surface area contributed by atoms with Gasteiger partial charge in [0.15, 0.2) is 18.4 Å². The largest absolute Gasteiger partial charge is 0.456 e. The van der Waals surface area contributed by atoms with Crippen molar-refractivity contribution < 1.29 is 28.9 Å². The van der Waals surface area contributed by atoms with Crippen molar-refractivity contribution in [1.82, 2.24) is 9.55 Å². The van der Waals surface area contributed by atoms with Crippen molar-refractivity contribution in [2.75, 3.05) is 6.61 Å². The number of carbonyl (C=O) groups excluding carboxylic acids is 2. The fourth-order valence-corrected chi connectivity index (χ4v) is 3.25. The summed E-state index contributed by atoms with van der Waals surface area (Å²) in [7, 11) is 0. The van der Waals surface area contributed by atoms with Gasteiger partial charge in [-0.1, -0.05) is 22.6 Å². The minimum atomic E-state index is -1.23. The molecule has 1 saturated heterocycles. The molecule has 2 heterocycles. The molecule has 4 atom stereocenters. The highest BCUT2D eigenvalue weighted by molar-refractivity contribution is 14.1. The Bertz CT molecular complexity index is 879. The van der Waals surface area contributed by atoms with Crippen molar-refractivity contribution >= 4 is 54.9 Å². The molecule has 0 spiro atoms. The summed E-state index contributed by atoms with van der Waals surface area (Å²) in [5, 5.41) is 9.54. The third kappa shape index (κ3) is 4.86. The van der Waals surface area contributed by atoms with Gasteiger partial charge in [-0.3, -0.25) is 23.9 Å². The van der Waals surface area contributed by atoms with Crippen molar-refractivity contribution in [3.63, 3.8) is 0 Å². The van der Waals surface area contributed by atoms with Crippen LogP contribution in [-0.4, -0.2) is 51.5 Å². The maximum Gasteiger partial charge on any atom is 0.330 e. The molecule has 148 valence electrons. The number of ether oxygens (including phenoxy) is 3. The topological polar surface area (TPSA) is 137 Å². The van der Waals surface area contributed by atoms with Crippen LogP contribution in [0, 0.1) is 0 Å². The molecular formula is C15H16BrIN2O8. The average molecular weight is 559 g/mol. The molecule has 0 radical (unpaired) electrons. The fraction of sp³-hybridized carbons (Fsp3) is 0.467. The van der Waals surface area contributed by atoms with Crippen LogP contribution in [0.15, 0.2) is 19.9 Å². The summed E-state index contributed by atoms with van der Waals surface area (Å²) in [6.45, 7) is 1.75. The number of esters is 2. The first-order valence-electron chi connectivity index (χ1n) is 7.62. The van der Waals surface area contributed by atoms with Crippen LogP contribution < -0.4 is 11.2 Å². The third-order valence-corrected chi connectivity index (χ3v) is 5.80. The second-order valence-electron chi connectivity index (χ2n) is 5.56. The van der Waals surface area contributed by atoms with E-state index in [-0.39, 0.29) is 5.56 Å². The van der Waals surface area contributed by atoms with Crippen LogP contribution in [0.25, 0.3) is 4.48 Å². The molecule has 2 rings (SSSR count). The van der Waals surface area contributed by atoms with E-state index >= 15 is 0 Å². The summed E-state index contributed by atoms with van der Waals surface area (Å²) in [6, 6.07) is 0. The second-order valence-corrected chi connectivity index (χ2v) is 7.04. The molecule has 1 aliphatic rings. The van der Waals surface area contributed by atoms with Crippen LogP contribution in [-0.2, 0) is 23.8 Å². The Morgan fingerprint density at radius 3 is 2.44 bits per heavy atom. The molecule has 2 N–H and O–H groups in total. The van der Waals surface area contributed by atoms with Gasteiger partial charge in [0.25, 0.3) is 5.56 Å². The molecule has 0 amide bonds. The minimum Gasteiger partial charge on any atom is -0.456 e. The fourth-order valence-electron chi connectivity index (χ4n) is 2.63. The molecule has 27 heavy (non-hydrogen) atoms. The zero-order valence-corrected chi connectivity index (χ0v) is 17.9. The summed E-state index contributed by atoms with van der Waals surface area (Å²) < 4.78 is 19.0. The standard InChI is InChI=1S/C15H16BrIN2O8/c1-6(21)25-11-10(5-20)27-14(12(11)26-7(2)22)19-4-8(9(16)3-17)13(23)18-15(19)24/h3-4,10-12,14,20H,5H2,1-2H3,(H,18,23,24)/b9-3+/t10-,11-,12-,14-/m1/s1. The molecule has 1 aromatic rings. The number of aromatic nitrogens is 2. The number of carbonyl (C=O) groups is 2. The number of aliphatic hydroxyl groups excluding tert-OH is 1. The zero-order valence-electron chi connectivity index (χ0n) is 14.2. The normalized spacial score (nSPS) is 25.3. The van der Waals surface area contributed by atoms with Crippen LogP contribution in [0.1, 0.15) is 25.6 Å². The van der Waals surface area contributed by atoms with E-state index in [9.17, 15) is 24.3 Å². The van der Waals surface area contributed by atoms with Crippen LogP contribution in [0.2, 0.25) is 0 Å². The van der Waals surface area contributed by atoms with Gasteiger partial charge < -0.3 is 19.3 Å². The van der Waals surface area contributed by atoms with E-state index < -0.39 is 54.3 Å². The molecule has 1 aromatic heterocycles. The number of aliphatic hydroxyl groups is 1. The van der Waals surface area contributed by atoms with E-state index in [4.69, 9.17) is 14.2 Å². The first-order chi connectivity index (χ1) is 12.7. The van der Waals surface area contributed by atoms with Gasteiger partial charge in [0.2, 0.25) is 0 Å². The van der Waals surface area contributed by atoms with Gasteiger partial charge in [0.05, 0.1) is 12.2 Å². The lowest BCUT2D eigenvalue weighted by Crippen LogP contribution is -2.42. The number of hydrogen-bond donors (Lipinski definition) is 2. The zero-order chi connectivity index (χ0) is 20.3. The molecule has 0 aliphatic carbocycles. The van der Waals surface area contributed by atoms with Crippen molar-refractivity contribution in [3.8, 4) is 0 Å². The summed E-state index contributed by atoms with van der Waals surface area (Å²) in [5.41, 5.74) is -1.32.